The second-order valence-electron chi connectivity index (χ2n) is 6.38. The van der Waals surface area contributed by atoms with Crippen LogP contribution in [0, 0.1) is 0 Å². The predicted molar refractivity (Wildman–Crippen MR) is 102 cm³/mol. The first-order valence-corrected chi connectivity index (χ1v) is 8.82. The Labute approximate surface area is 158 Å². The van der Waals surface area contributed by atoms with E-state index >= 15 is 0 Å². The molecule has 2 aromatic carbocycles. The maximum Gasteiger partial charge on any atom is 0.340 e. The molecule has 0 saturated heterocycles. The normalized spacial score (nSPS) is 15.4. The number of fused-ring (bicyclic) bond motifs is 1. The lowest BCUT2D eigenvalue weighted by molar-refractivity contribution is -0.117. The second kappa shape index (κ2) is 8.12. The molecule has 0 spiro atoms. The number of benzene rings is 2. The van der Waals surface area contributed by atoms with Crippen molar-refractivity contribution in [1.29, 1.82) is 0 Å². The Morgan fingerprint density at radius 3 is 2.44 bits per heavy atom. The van der Waals surface area contributed by atoms with E-state index in [0.717, 1.165) is 24.8 Å². The maximum atomic E-state index is 13.0. The molecule has 0 fully saturated rings. The lowest BCUT2D eigenvalue weighted by Gasteiger charge is -2.25. The lowest BCUT2D eigenvalue weighted by atomic mass is 9.82. The van der Waals surface area contributed by atoms with Crippen LogP contribution >= 0.6 is 0 Å². The van der Waals surface area contributed by atoms with E-state index in [1.54, 1.807) is 6.07 Å². The van der Waals surface area contributed by atoms with Gasteiger partial charge in [-0.2, -0.15) is 0 Å². The maximum absolute atomic E-state index is 13.0. The Bertz CT molecular complexity index is 862. The van der Waals surface area contributed by atoms with Crippen LogP contribution in [0.1, 0.15) is 40.2 Å². The van der Waals surface area contributed by atoms with Crippen molar-refractivity contribution in [2.24, 2.45) is 0 Å². The number of hydrogen-bond acceptors (Lipinski definition) is 5. The molecule has 0 saturated carbocycles. The molecule has 6 nitrogen and oxygen atoms in total. The van der Waals surface area contributed by atoms with Crippen molar-refractivity contribution in [1.82, 2.24) is 0 Å². The Morgan fingerprint density at radius 2 is 1.74 bits per heavy atom. The van der Waals surface area contributed by atoms with Gasteiger partial charge in [-0.05, 0) is 30.4 Å². The zero-order valence-corrected chi connectivity index (χ0v) is 15.7. The summed E-state index contributed by atoms with van der Waals surface area (Å²) in [7, 11) is 4.27. The summed E-state index contributed by atoms with van der Waals surface area (Å²) in [6, 6.07) is 11.1. The topological polar surface area (TPSA) is 73.9 Å². The Morgan fingerprint density at radius 1 is 1.04 bits per heavy atom. The van der Waals surface area contributed by atoms with E-state index in [1.807, 2.05) is 18.2 Å². The summed E-state index contributed by atoms with van der Waals surface area (Å²) in [5.74, 6) is -0.160. The molecule has 27 heavy (non-hydrogen) atoms. The van der Waals surface area contributed by atoms with E-state index in [2.05, 4.69) is 11.4 Å². The average molecular weight is 369 g/mol. The minimum atomic E-state index is -0.560. The molecule has 0 bridgehead atoms. The van der Waals surface area contributed by atoms with Crippen molar-refractivity contribution in [3.8, 4) is 11.5 Å². The van der Waals surface area contributed by atoms with Crippen LogP contribution in [-0.4, -0.2) is 33.2 Å². The van der Waals surface area contributed by atoms with Gasteiger partial charge >= 0.3 is 5.97 Å². The average Bonchev–Trinajstić information content (AvgIpc) is 2.72. The summed E-state index contributed by atoms with van der Waals surface area (Å²) in [6.07, 6.45) is 2.69. The van der Waals surface area contributed by atoms with Gasteiger partial charge in [0.1, 0.15) is 0 Å². The summed E-state index contributed by atoms with van der Waals surface area (Å²) in [4.78, 5) is 25.2. The van der Waals surface area contributed by atoms with Gasteiger partial charge in [0.05, 0.1) is 38.5 Å². The third-order valence-electron chi connectivity index (χ3n) is 4.87. The molecule has 0 aromatic heterocycles. The minimum Gasteiger partial charge on any atom is -0.493 e. The van der Waals surface area contributed by atoms with Gasteiger partial charge in [-0.25, -0.2) is 4.79 Å². The summed E-state index contributed by atoms with van der Waals surface area (Å²) < 4.78 is 15.4. The lowest BCUT2D eigenvalue weighted by Crippen LogP contribution is -2.25. The first-order chi connectivity index (χ1) is 13.1. The van der Waals surface area contributed by atoms with Crippen molar-refractivity contribution in [2.75, 3.05) is 26.6 Å². The second-order valence-corrected chi connectivity index (χ2v) is 6.38. The summed E-state index contributed by atoms with van der Waals surface area (Å²) >= 11 is 0. The van der Waals surface area contributed by atoms with E-state index in [-0.39, 0.29) is 17.4 Å². The summed E-state index contributed by atoms with van der Waals surface area (Å²) in [6.45, 7) is 0. The largest absolute Gasteiger partial charge is 0.493 e. The molecule has 1 amide bonds. The fraction of sp³-hybridized carbons (Fsp3) is 0.333. The monoisotopic (exact) mass is 369 g/mol. The molecular formula is C21H23NO5. The standard InChI is InChI=1S/C21H23NO5/c1-25-18-11-16(21(24)27-3)17(12-19(18)26-2)22-20(23)15-10-6-8-13-7-4-5-9-14(13)15/h4-5,7,9,11-12,15H,6,8,10H2,1-3H3,(H,22,23). The van der Waals surface area contributed by atoms with E-state index < -0.39 is 5.97 Å². The van der Waals surface area contributed by atoms with Crippen molar-refractivity contribution >= 4 is 17.6 Å². The number of carbonyl (C=O) groups is 2. The van der Waals surface area contributed by atoms with Crippen LogP contribution in [0.3, 0.4) is 0 Å². The smallest absolute Gasteiger partial charge is 0.340 e. The van der Waals surface area contributed by atoms with Gasteiger partial charge in [-0.1, -0.05) is 24.3 Å². The zero-order chi connectivity index (χ0) is 19.4. The minimum absolute atomic E-state index is 0.153. The SMILES string of the molecule is COC(=O)c1cc(OC)c(OC)cc1NC(=O)C1CCCc2ccccc21. The van der Waals surface area contributed by atoms with Crippen LogP contribution < -0.4 is 14.8 Å². The molecule has 1 aliphatic carbocycles. The number of methoxy groups -OCH3 is 3. The molecular weight excluding hydrogens is 346 g/mol. The highest BCUT2D eigenvalue weighted by molar-refractivity contribution is 6.04. The third kappa shape index (κ3) is 3.74. The van der Waals surface area contributed by atoms with E-state index in [9.17, 15) is 9.59 Å². The third-order valence-corrected chi connectivity index (χ3v) is 4.87. The molecule has 0 radical (unpaired) electrons. The van der Waals surface area contributed by atoms with Gasteiger partial charge in [0.15, 0.2) is 11.5 Å². The predicted octanol–water partition coefficient (Wildman–Crippen LogP) is 3.55. The van der Waals surface area contributed by atoms with Gasteiger partial charge in [0.2, 0.25) is 5.91 Å². The van der Waals surface area contributed by atoms with Gasteiger partial charge in [-0.15, -0.1) is 0 Å². The first-order valence-electron chi connectivity index (χ1n) is 8.82. The van der Waals surface area contributed by atoms with Crippen LogP contribution in [0.5, 0.6) is 11.5 Å². The first kappa shape index (κ1) is 18.8. The molecule has 0 heterocycles. The van der Waals surface area contributed by atoms with Gasteiger partial charge in [-0.3, -0.25) is 4.79 Å². The molecule has 2 aromatic rings. The van der Waals surface area contributed by atoms with Crippen molar-refractivity contribution < 1.29 is 23.8 Å². The molecule has 1 atom stereocenters. The van der Waals surface area contributed by atoms with E-state index in [1.165, 1.54) is 33.0 Å². The fourth-order valence-electron chi connectivity index (χ4n) is 3.51. The number of aryl methyl sites for hydroxylation is 1. The highest BCUT2D eigenvalue weighted by Gasteiger charge is 2.28. The Kier molecular flexibility index (Phi) is 5.64. The summed E-state index contributed by atoms with van der Waals surface area (Å²) in [5, 5.41) is 2.89. The van der Waals surface area contributed by atoms with Crippen molar-refractivity contribution in [3.05, 3.63) is 53.1 Å². The molecule has 6 heteroatoms. The molecule has 0 aliphatic heterocycles. The van der Waals surface area contributed by atoms with Gasteiger partial charge in [0, 0.05) is 12.1 Å². The van der Waals surface area contributed by atoms with E-state index in [0.29, 0.717) is 17.2 Å². The highest BCUT2D eigenvalue weighted by atomic mass is 16.5. The summed E-state index contributed by atoms with van der Waals surface area (Å²) in [5.41, 5.74) is 2.80. The highest BCUT2D eigenvalue weighted by Crippen LogP contribution is 2.36. The number of rotatable bonds is 5. The van der Waals surface area contributed by atoms with Crippen LogP contribution in [0.2, 0.25) is 0 Å². The number of nitrogens with one attached hydrogen (secondary N) is 1. The molecule has 142 valence electrons. The van der Waals surface area contributed by atoms with Crippen molar-refractivity contribution in [3.63, 3.8) is 0 Å². The van der Waals surface area contributed by atoms with Crippen LogP contribution in [0.15, 0.2) is 36.4 Å². The molecule has 1 unspecified atom stereocenters. The molecule has 1 N–H and O–H groups in total. The van der Waals surface area contributed by atoms with Crippen LogP contribution in [-0.2, 0) is 16.0 Å². The van der Waals surface area contributed by atoms with Crippen molar-refractivity contribution in [2.45, 2.75) is 25.2 Å². The fourth-order valence-corrected chi connectivity index (χ4v) is 3.51. The number of carbonyl (C=O) groups excluding carboxylic acids is 2. The van der Waals surface area contributed by atoms with Gasteiger partial charge < -0.3 is 19.5 Å². The Hall–Kier alpha value is -3.02. The van der Waals surface area contributed by atoms with Crippen LogP contribution in [0.4, 0.5) is 5.69 Å². The molecule has 3 rings (SSSR count). The molecule has 1 aliphatic rings. The number of hydrogen-bond donors (Lipinski definition) is 1. The van der Waals surface area contributed by atoms with E-state index in [4.69, 9.17) is 14.2 Å². The number of esters is 1. The number of anilines is 1. The quantitative estimate of drug-likeness (QED) is 0.816. The number of amides is 1. The van der Waals surface area contributed by atoms with Crippen LogP contribution in [0.25, 0.3) is 0 Å². The Balaban J connectivity index is 1.95. The number of ether oxygens (including phenoxy) is 3. The zero-order valence-electron chi connectivity index (χ0n) is 15.7. The van der Waals surface area contributed by atoms with Gasteiger partial charge in [0.25, 0.3) is 0 Å².